The fourth-order valence-electron chi connectivity index (χ4n) is 0.421. The van der Waals surface area contributed by atoms with E-state index in [0.717, 1.165) is 0 Å². The molecule has 0 radical (unpaired) electrons. The zero-order chi connectivity index (χ0) is 7.28. The molecule has 0 saturated carbocycles. The van der Waals surface area contributed by atoms with Crippen LogP contribution in [0.4, 0.5) is 0 Å². The second-order valence-corrected chi connectivity index (χ2v) is 2.63. The van der Waals surface area contributed by atoms with E-state index in [1.54, 1.807) is 6.08 Å². The van der Waals surface area contributed by atoms with E-state index in [-0.39, 0.29) is 11.3 Å². The molecule has 0 heterocycles. The van der Waals surface area contributed by atoms with Crippen LogP contribution in [-0.4, -0.2) is 22.5 Å². The van der Waals surface area contributed by atoms with Crippen molar-refractivity contribution >= 4 is 23.2 Å². The second-order valence-electron chi connectivity index (χ2n) is 1.76. The number of aliphatic hydroxyl groups excluding tert-OH is 1. The summed E-state index contributed by atoms with van der Waals surface area (Å²) in [6.45, 7) is 3.46. The van der Waals surface area contributed by atoms with E-state index in [1.807, 2.05) is 0 Å². The Morgan fingerprint density at radius 2 is 2.22 bits per heavy atom. The summed E-state index contributed by atoms with van der Waals surface area (Å²) in [5, 5.41) is 8.67. The highest BCUT2D eigenvalue weighted by molar-refractivity contribution is 6.28. The number of halogens is 2. The van der Waals surface area contributed by atoms with Gasteiger partial charge in [-0.1, -0.05) is 6.08 Å². The lowest BCUT2D eigenvalue weighted by Gasteiger charge is -2.10. The summed E-state index contributed by atoms with van der Waals surface area (Å²) < 4.78 is 0. The summed E-state index contributed by atoms with van der Waals surface area (Å²) >= 11 is 10.9. The van der Waals surface area contributed by atoms with E-state index in [1.165, 1.54) is 0 Å². The van der Waals surface area contributed by atoms with Crippen LogP contribution in [0.25, 0.3) is 0 Å². The highest BCUT2D eigenvalue weighted by atomic mass is 35.5. The summed E-state index contributed by atoms with van der Waals surface area (Å²) in [4.78, 5) is 0. The molecule has 0 bridgehead atoms. The van der Waals surface area contributed by atoms with E-state index in [4.69, 9.17) is 28.3 Å². The van der Waals surface area contributed by atoms with Crippen LogP contribution in [0, 0.1) is 0 Å². The van der Waals surface area contributed by atoms with Gasteiger partial charge in [0.25, 0.3) is 0 Å². The molecule has 0 aromatic rings. The van der Waals surface area contributed by atoms with E-state index in [2.05, 4.69) is 6.58 Å². The molecule has 0 aromatic heterocycles. The standard InChI is InChI=1S/C6H10Cl2O/c1-2-3-6(9)5(8)4-7/h2,5-6,9H,1,3-4H2. The normalized spacial score (nSPS) is 16.8. The van der Waals surface area contributed by atoms with E-state index >= 15 is 0 Å². The Hall–Kier alpha value is 0.280. The van der Waals surface area contributed by atoms with Crippen molar-refractivity contribution in [3.63, 3.8) is 0 Å². The average Bonchev–Trinajstić information content (AvgIpc) is 1.87. The molecule has 0 amide bonds. The summed E-state index contributed by atoms with van der Waals surface area (Å²) in [6, 6.07) is 0. The predicted molar refractivity (Wildman–Crippen MR) is 41.2 cm³/mol. The first-order chi connectivity index (χ1) is 4.22. The third kappa shape index (κ3) is 3.79. The maximum atomic E-state index is 9.03. The molecule has 1 nitrogen and oxygen atoms in total. The van der Waals surface area contributed by atoms with Gasteiger partial charge in [-0.3, -0.25) is 0 Å². The highest BCUT2D eigenvalue weighted by Crippen LogP contribution is 2.08. The van der Waals surface area contributed by atoms with Crippen LogP contribution in [0.1, 0.15) is 6.42 Å². The topological polar surface area (TPSA) is 20.2 Å². The molecular formula is C6H10Cl2O. The van der Waals surface area contributed by atoms with Crippen molar-refractivity contribution < 1.29 is 5.11 Å². The van der Waals surface area contributed by atoms with Crippen LogP contribution >= 0.6 is 23.2 Å². The zero-order valence-electron chi connectivity index (χ0n) is 5.06. The molecule has 54 valence electrons. The Morgan fingerprint density at radius 1 is 1.67 bits per heavy atom. The fraction of sp³-hybridized carbons (Fsp3) is 0.667. The van der Waals surface area contributed by atoms with Crippen molar-refractivity contribution in [1.29, 1.82) is 0 Å². The quantitative estimate of drug-likeness (QED) is 0.502. The van der Waals surface area contributed by atoms with Crippen molar-refractivity contribution in [3.8, 4) is 0 Å². The van der Waals surface area contributed by atoms with Gasteiger partial charge in [-0.05, 0) is 6.42 Å². The number of alkyl halides is 2. The summed E-state index contributed by atoms with van der Waals surface area (Å²) in [5.74, 6) is 0.274. The summed E-state index contributed by atoms with van der Waals surface area (Å²) in [5.41, 5.74) is 0. The van der Waals surface area contributed by atoms with Crippen molar-refractivity contribution in [2.75, 3.05) is 5.88 Å². The third-order valence-electron chi connectivity index (χ3n) is 0.973. The van der Waals surface area contributed by atoms with Crippen LogP contribution < -0.4 is 0 Å². The number of hydrogen-bond donors (Lipinski definition) is 1. The lowest BCUT2D eigenvalue weighted by atomic mass is 10.2. The van der Waals surface area contributed by atoms with Crippen LogP contribution in [0.2, 0.25) is 0 Å². The molecular weight excluding hydrogens is 159 g/mol. The highest BCUT2D eigenvalue weighted by Gasteiger charge is 2.12. The minimum absolute atomic E-state index is 0.274. The number of aliphatic hydroxyl groups is 1. The first-order valence-corrected chi connectivity index (χ1v) is 3.68. The maximum Gasteiger partial charge on any atom is 0.0749 e. The van der Waals surface area contributed by atoms with Crippen LogP contribution in [-0.2, 0) is 0 Å². The van der Waals surface area contributed by atoms with Crippen molar-refractivity contribution in [3.05, 3.63) is 12.7 Å². The van der Waals surface area contributed by atoms with Gasteiger partial charge in [0.2, 0.25) is 0 Å². The SMILES string of the molecule is C=CCC(O)C(Cl)CCl. The Kier molecular flexibility index (Phi) is 5.25. The molecule has 0 aromatic carbocycles. The first kappa shape index (κ1) is 9.28. The van der Waals surface area contributed by atoms with Gasteiger partial charge in [0.15, 0.2) is 0 Å². The fourth-order valence-corrected chi connectivity index (χ4v) is 0.730. The second kappa shape index (κ2) is 5.10. The van der Waals surface area contributed by atoms with Crippen LogP contribution in [0.15, 0.2) is 12.7 Å². The monoisotopic (exact) mass is 168 g/mol. The van der Waals surface area contributed by atoms with Gasteiger partial charge in [-0.15, -0.1) is 29.8 Å². The van der Waals surface area contributed by atoms with Gasteiger partial charge < -0.3 is 5.11 Å². The smallest absolute Gasteiger partial charge is 0.0749 e. The van der Waals surface area contributed by atoms with Crippen LogP contribution in [0.3, 0.4) is 0 Å². The summed E-state index contributed by atoms with van der Waals surface area (Å²) in [7, 11) is 0. The molecule has 0 aliphatic rings. The molecule has 3 heteroatoms. The zero-order valence-corrected chi connectivity index (χ0v) is 6.57. The molecule has 2 unspecified atom stereocenters. The molecule has 0 aliphatic heterocycles. The number of rotatable bonds is 4. The van der Waals surface area contributed by atoms with Crippen molar-refractivity contribution in [2.24, 2.45) is 0 Å². The van der Waals surface area contributed by atoms with Gasteiger partial charge >= 0.3 is 0 Å². The minimum atomic E-state index is -0.554. The van der Waals surface area contributed by atoms with Gasteiger partial charge in [0.1, 0.15) is 0 Å². The maximum absolute atomic E-state index is 9.03. The van der Waals surface area contributed by atoms with Crippen LogP contribution in [0.5, 0.6) is 0 Å². The van der Waals surface area contributed by atoms with Crippen molar-refractivity contribution in [1.82, 2.24) is 0 Å². The Labute approximate surface area is 65.3 Å². The summed E-state index contributed by atoms with van der Waals surface area (Å²) in [6.07, 6.45) is 1.56. The molecule has 1 N–H and O–H groups in total. The van der Waals surface area contributed by atoms with Gasteiger partial charge in [0, 0.05) is 5.88 Å². The molecule has 2 atom stereocenters. The van der Waals surface area contributed by atoms with Gasteiger partial charge in [-0.2, -0.15) is 0 Å². The molecule has 0 saturated heterocycles. The van der Waals surface area contributed by atoms with E-state index < -0.39 is 6.10 Å². The molecule has 9 heavy (non-hydrogen) atoms. The lowest BCUT2D eigenvalue weighted by molar-refractivity contribution is 0.178. The predicted octanol–water partition coefficient (Wildman–Crippen LogP) is 1.77. The molecule has 0 fully saturated rings. The molecule has 0 spiro atoms. The Morgan fingerprint density at radius 3 is 2.56 bits per heavy atom. The van der Waals surface area contributed by atoms with Gasteiger partial charge in [-0.25, -0.2) is 0 Å². The van der Waals surface area contributed by atoms with E-state index in [9.17, 15) is 0 Å². The lowest BCUT2D eigenvalue weighted by Crippen LogP contribution is -2.21. The Bertz CT molecular complexity index is 85.1. The van der Waals surface area contributed by atoms with Gasteiger partial charge in [0.05, 0.1) is 11.5 Å². The average molecular weight is 169 g/mol. The molecule has 0 aliphatic carbocycles. The third-order valence-corrected chi connectivity index (χ3v) is 1.91. The largest absolute Gasteiger partial charge is 0.391 e. The van der Waals surface area contributed by atoms with Crippen molar-refractivity contribution in [2.45, 2.75) is 17.9 Å². The minimum Gasteiger partial charge on any atom is -0.391 e. The Balaban J connectivity index is 3.44. The number of hydrogen-bond acceptors (Lipinski definition) is 1. The molecule has 0 rings (SSSR count). The van der Waals surface area contributed by atoms with E-state index in [0.29, 0.717) is 6.42 Å². The first-order valence-electron chi connectivity index (χ1n) is 2.71.